The van der Waals surface area contributed by atoms with Crippen LogP contribution in [0.5, 0.6) is 0 Å². The number of halogens is 3. The lowest BCUT2D eigenvalue weighted by Gasteiger charge is -2.25. The van der Waals surface area contributed by atoms with Gasteiger partial charge in [-0.15, -0.1) is 0 Å². The Morgan fingerprint density at radius 2 is 1.87 bits per heavy atom. The number of hydrogen-bond acceptors (Lipinski definition) is 4. The number of hydrogen-bond donors (Lipinski definition) is 0. The van der Waals surface area contributed by atoms with Gasteiger partial charge < -0.3 is 4.90 Å². The minimum absolute atomic E-state index is 0.330. The van der Waals surface area contributed by atoms with Crippen molar-refractivity contribution in [2.45, 2.75) is 13.8 Å². The minimum Gasteiger partial charge on any atom is -0.356 e. The third-order valence-corrected chi connectivity index (χ3v) is 4.44. The van der Waals surface area contributed by atoms with E-state index in [0.717, 1.165) is 30.0 Å². The first kappa shape index (κ1) is 16.3. The molecule has 0 atom stereocenters. The van der Waals surface area contributed by atoms with Crippen molar-refractivity contribution in [2.24, 2.45) is 0 Å². The predicted octanol–water partition coefficient (Wildman–Crippen LogP) is 4.60. The smallest absolute Gasteiger partial charge is 0.255 e. The maximum Gasteiger partial charge on any atom is 0.255 e. The van der Waals surface area contributed by atoms with E-state index in [0.29, 0.717) is 21.0 Å². The first-order valence-corrected chi connectivity index (χ1v) is 8.29. The van der Waals surface area contributed by atoms with Gasteiger partial charge in [0, 0.05) is 23.7 Å². The highest BCUT2D eigenvalue weighted by Gasteiger charge is 2.22. The molecule has 0 amide bonds. The fourth-order valence-electron chi connectivity index (χ4n) is 2.54. The quantitative estimate of drug-likeness (QED) is 0.630. The highest BCUT2D eigenvalue weighted by molar-refractivity contribution is 6.38. The van der Waals surface area contributed by atoms with Gasteiger partial charge in [-0.3, -0.25) is 0 Å². The van der Waals surface area contributed by atoms with E-state index in [2.05, 4.69) is 33.8 Å². The Hall–Kier alpha value is -1.56. The molecule has 8 heteroatoms. The molecule has 3 aromatic rings. The number of benzene rings is 1. The van der Waals surface area contributed by atoms with Gasteiger partial charge in [-0.2, -0.15) is 19.6 Å². The number of nitrogens with zero attached hydrogens (tertiary/aromatic N) is 5. The summed E-state index contributed by atoms with van der Waals surface area (Å²) < 4.78 is 1.68. The molecule has 23 heavy (non-hydrogen) atoms. The Balaban J connectivity index is 2.38. The minimum atomic E-state index is 0.330. The summed E-state index contributed by atoms with van der Waals surface area (Å²) >= 11 is 18.9. The van der Waals surface area contributed by atoms with Crippen LogP contribution in [0.3, 0.4) is 0 Å². The topological polar surface area (TPSA) is 46.3 Å². The number of fused-ring (bicyclic) bond motifs is 1. The molecule has 3 rings (SSSR count). The number of aromatic nitrogens is 4. The average molecular weight is 371 g/mol. The highest BCUT2D eigenvalue weighted by atomic mass is 35.5. The zero-order valence-corrected chi connectivity index (χ0v) is 14.9. The molecule has 0 spiro atoms. The molecule has 2 heterocycles. The molecule has 0 unspecified atom stereocenters. The molecule has 0 bridgehead atoms. The summed E-state index contributed by atoms with van der Waals surface area (Å²) in [5, 5.41) is 5.69. The first-order valence-electron chi connectivity index (χ1n) is 7.16. The van der Waals surface area contributed by atoms with Crippen molar-refractivity contribution >= 4 is 46.4 Å². The SMILES string of the molecule is CCN(CC)c1c(-c2ccc(Cl)cc2Cl)c(Cl)nc2ncnn12. The summed E-state index contributed by atoms with van der Waals surface area (Å²) in [4.78, 5) is 10.6. The van der Waals surface area contributed by atoms with Crippen LogP contribution in [-0.2, 0) is 0 Å². The highest BCUT2D eigenvalue weighted by Crippen LogP contribution is 2.40. The molecule has 0 aliphatic rings. The molecule has 0 N–H and O–H groups in total. The Morgan fingerprint density at radius 1 is 1.13 bits per heavy atom. The lowest BCUT2D eigenvalue weighted by atomic mass is 10.1. The van der Waals surface area contributed by atoms with Crippen LogP contribution in [0.25, 0.3) is 16.9 Å². The first-order chi connectivity index (χ1) is 11.1. The Kier molecular flexibility index (Phi) is 4.62. The van der Waals surface area contributed by atoms with Crippen molar-refractivity contribution in [3.05, 3.63) is 39.7 Å². The van der Waals surface area contributed by atoms with E-state index in [1.54, 1.807) is 16.6 Å². The van der Waals surface area contributed by atoms with Crippen molar-refractivity contribution in [1.82, 2.24) is 19.6 Å². The van der Waals surface area contributed by atoms with Crippen LogP contribution in [0.15, 0.2) is 24.5 Å². The van der Waals surface area contributed by atoms with Crippen molar-refractivity contribution in [3.8, 4) is 11.1 Å². The van der Waals surface area contributed by atoms with Gasteiger partial charge in [0.25, 0.3) is 5.78 Å². The fraction of sp³-hybridized carbons (Fsp3) is 0.267. The van der Waals surface area contributed by atoms with Crippen molar-refractivity contribution < 1.29 is 0 Å². The summed E-state index contributed by atoms with van der Waals surface area (Å²) in [6.45, 7) is 5.69. The summed E-state index contributed by atoms with van der Waals surface area (Å²) in [5.41, 5.74) is 1.47. The van der Waals surface area contributed by atoms with E-state index in [1.807, 2.05) is 6.07 Å². The van der Waals surface area contributed by atoms with E-state index in [-0.39, 0.29) is 0 Å². The van der Waals surface area contributed by atoms with Crippen LogP contribution in [0.4, 0.5) is 5.82 Å². The summed E-state index contributed by atoms with van der Waals surface area (Å²) in [6.07, 6.45) is 1.46. The van der Waals surface area contributed by atoms with E-state index >= 15 is 0 Å². The molecule has 0 radical (unpaired) electrons. The van der Waals surface area contributed by atoms with Gasteiger partial charge in [-0.05, 0) is 26.0 Å². The predicted molar refractivity (Wildman–Crippen MR) is 94.8 cm³/mol. The third-order valence-electron chi connectivity index (χ3n) is 3.62. The van der Waals surface area contributed by atoms with Crippen LogP contribution in [0, 0.1) is 0 Å². The molecule has 0 saturated heterocycles. The van der Waals surface area contributed by atoms with Crippen LogP contribution in [0.1, 0.15) is 13.8 Å². The van der Waals surface area contributed by atoms with Gasteiger partial charge in [-0.25, -0.2) is 0 Å². The molecule has 5 nitrogen and oxygen atoms in total. The van der Waals surface area contributed by atoms with E-state index < -0.39 is 0 Å². The van der Waals surface area contributed by atoms with Crippen LogP contribution >= 0.6 is 34.8 Å². The van der Waals surface area contributed by atoms with Crippen LogP contribution in [-0.4, -0.2) is 32.7 Å². The molecule has 0 saturated carbocycles. The second-order valence-electron chi connectivity index (χ2n) is 4.87. The third kappa shape index (κ3) is 2.84. The summed E-state index contributed by atoms with van der Waals surface area (Å²) in [5.74, 6) is 1.26. The van der Waals surface area contributed by atoms with E-state index in [1.165, 1.54) is 6.33 Å². The van der Waals surface area contributed by atoms with Crippen LogP contribution < -0.4 is 4.90 Å². The molecule has 120 valence electrons. The monoisotopic (exact) mass is 369 g/mol. The van der Waals surface area contributed by atoms with Crippen LogP contribution in [0.2, 0.25) is 15.2 Å². The standard InChI is InChI=1S/C15H14Cl3N5/c1-3-22(4-2)14-12(10-6-5-9(16)7-11(10)17)13(18)21-15-19-8-20-23(14)15/h5-8H,3-4H2,1-2H3. The maximum absolute atomic E-state index is 6.46. The second-order valence-corrected chi connectivity index (χ2v) is 6.07. The van der Waals surface area contributed by atoms with Crippen molar-refractivity contribution in [1.29, 1.82) is 0 Å². The average Bonchev–Trinajstić information content (AvgIpc) is 2.97. The van der Waals surface area contributed by atoms with Gasteiger partial charge in [0.2, 0.25) is 0 Å². The van der Waals surface area contributed by atoms with Gasteiger partial charge in [0.1, 0.15) is 17.3 Å². The van der Waals surface area contributed by atoms with Gasteiger partial charge in [-0.1, -0.05) is 40.9 Å². The summed E-state index contributed by atoms with van der Waals surface area (Å²) in [7, 11) is 0. The number of rotatable bonds is 4. The van der Waals surface area contributed by atoms with E-state index in [4.69, 9.17) is 34.8 Å². The molecular formula is C15H14Cl3N5. The number of anilines is 1. The zero-order valence-electron chi connectivity index (χ0n) is 12.6. The van der Waals surface area contributed by atoms with Crippen molar-refractivity contribution in [2.75, 3.05) is 18.0 Å². The maximum atomic E-state index is 6.46. The fourth-order valence-corrected chi connectivity index (χ4v) is 3.31. The molecule has 2 aromatic heterocycles. The van der Waals surface area contributed by atoms with Gasteiger partial charge in [0.15, 0.2) is 0 Å². The zero-order chi connectivity index (χ0) is 16.6. The molecular weight excluding hydrogens is 357 g/mol. The van der Waals surface area contributed by atoms with Crippen molar-refractivity contribution in [3.63, 3.8) is 0 Å². The normalized spacial score (nSPS) is 11.2. The lowest BCUT2D eigenvalue weighted by Crippen LogP contribution is -2.26. The molecule has 0 fully saturated rings. The second kappa shape index (κ2) is 6.51. The Bertz CT molecular complexity index is 858. The molecule has 0 aliphatic heterocycles. The largest absolute Gasteiger partial charge is 0.356 e. The molecule has 1 aromatic carbocycles. The molecule has 0 aliphatic carbocycles. The Morgan fingerprint density at radius 3 is 2.52 bits per heavy atom. The Labute approximate surface area is 148 Å². The summed E-state index contributed by atoms with van der Waals surface area (Å²) in [6, 6.07) is 5.30. The lowest BCUT2D eigenvalue weighted by molar-refractivity contribution is 0.801. The van der Waals surface area contributed by atoms with Gasteiger partial charge >= 0.3 is 0 Å². The van der Waals surface area contributed by atoms with Gasteiger partial charge in [0.05, 0.1) is 10.6 Å². The van der Waals surface area contributed by atoms with E-state index in [9.17, 15) is 0 Å².